The Morgan fingerprint density at radius 1 is 1.30 bits per heavy atom. The number of piperazine rings is 1. The van der Waals surface area contributed by atoms with Crippen LogP contribution in [0.2, 0.25) is 0 Å². The fraction of sp³-hybridized carbons (Fsp3) is 0.611. The molecule has 1 aromatic carbocycles. The molecule has 5 nitrogen and oxygen atoms in total. The number of morpholine rings is 1. The lowest BCUT2D eigenvalue weighted by Gasteiger charge is -2.40. The maximum atomic E-state index is 12.6. The first-order valence-electron chi connectivity index (χ1n) is 8.59. The number of nitrogens with zero attached hydrogens (tertiary/aromatic N) is 2. The normalized spacial score (nSPS) is 26.2. The van der Waals surface area contributed by atoms with Crippen molar-refractivity contribution in [2.24, 2.45) is 0 Å². The van der Waals surface area contributed by atoms with Crippen LogP contribution in [0.15, 0.2) is 30.3 Å². The van der Waals surface area contributed by atoms with Gasteiger partial charge in [-0.05, 0) is 12.5 Å². The van der Waals surface area contributed by atoms with Gasteiger partial charge >= 0.3 is 0 Å². The maximum absolute atomic E-state index is 12.6. The van der Waals surface area contributed by atoms with E-state index in [9.17, 15) is 4.79 Å². The molecule has 0 radical (unpaired) electrons. The summed E-state index contributed by atoms with van der Waals surface area (Å²) in [6.07, 6.45) is 0.545. The minimum Gasteiger partial charge on any atom is -0.378 e. The average molecular weight is 317 g/mol. The molecule has 1 N–H and O–H groups in total. The summed E-state index contributed by atoms with van der Waals surface area (Å²) >= 11 is 0. The van der Waals surface area contributed by atoms with E-state index >= 15 is 0 Å². The lowest BCUT2D eigenvalue weighted by molar-refractivity contribution is -0.137. The minimum absolute atomic E-state index is 0.172. The quantitative estimate of drug-likeness (QED) is 0.903. The van der Waals surface area contributed by atoms with Crippen LogP contribution >= 0.6 is 0 Å². The summed E-state index contributed by atoms with van der Waals surface area (Å²) in [5.41, 5.74) is 1.34. The van der Waals surface area contributed by atoms with E-state index in [0.717, 1.165) is 39.3 Å². The van der Waals surface area contributed by atoms with Crippen molar-refractivity contribution in [2.45, 2.75) is 32.0 Å². The SMILES string of the molecule is CC1CN(Cc2ccccc2)CCN1C(=O)CC1COCCN1. The van der Waals surface area contributed by atoms with Crippen molar-refractivity contribution in [3.63, 3.8) is 0 Å². The van der Waals surface area contributed by atoms with Gasteiger partial charge in [-0.15, -0.1) is 0 Å². The fourth-order valence-corrected chi connectivity index (χ4v) is 3.47. The fourth-order valence-electron chi connectivity index (χ4n) is 3.47. The molecule has 0 saturated carbocycles. The summed E-state index contributed by atoms with van der Waals surface area (Å²) in [5, 5.41) is 3.36. The number of hydrogen-bond donors (Lipinski definition) is 1. The molecule has 0 bridgehead atoms. The summed E-state index contributed by atoms with van der Waals surface area (Å²) < 4.78 is 5.44. The van der Waals surface area contributed by atoms with E-state index < -0.39 is 0 Å². The number of amides is 1. The zero-order valence-corrected chi connectivity index (χ0v) is 13.9. The number of rotatable bonds is 4. The molecular weight excluding hydrogens is 290 g/mol. The third kappa shape index (κ3) is 4.53. The van der Waals surface area contributed by atoms with E-state index in [1.54, 1.807) is 0 Å². The van der Waals surface area contributed by atoms with Gasteiger partial charge in [0.05, 0.1) is 13.2 Å². The maximum Gasteiger partial charge on any atom is 0.224 e. The Morgan fingerprint density at radius 3 is 2.83 bits per heavy atom. The van der Waals surface area contributed by atoms with Gasteiger partial charge in [-0.2, -0.15) is 0 Å². The van der Waals surface area contributed by atoms with Crippen molar-refractivity contribution < 1.29 is 9.53 Å². The second-order valence-electron chi connectivity index (χ2n) is 6.59. The number of benzene rings is 1. The standard InChI is InChI=1S/C18H27N3O2/c1-15-12-20(13-16-5-3-2-4-6-16)8-9-21(15)18(22)11-17-14-23-10-7-19-17/h2-6,15,17,19H,7-14H2,1H3. The Kier molecular flexibility index (Phi) is 5.65. The Morgan fingerprint density at radius 2 is 2.13 bits per heavy atom. The molecule has 0 aromatic heterocycles. The summed E-state index contributed by atoms with van der Waals surface area (Å²) in [6.45, 7) is 8.06. The van der Waals surface area contributed by atoms with Crippen molar-refractivity contribution >= 4 is 5.91 Å². The highest BCUT2D eigenvalue weighted by molar-refractivity contribution is 5.77. The van der Waals surface area contributed by atoms with Crippen LogP contribution in [0, 0.1) is 0 Å². The van der Waals surface area contributed by atoms with Crippen molar-refractivity contribution in [3.8, 4) is 0 Å². The topological polar surface area (TPSA) is 44.8 Å². The Balaban J connectivity index is 1.48. The van der Waals surface area contributed by atoms with Crippen LogP contribution in [0.3, 0.4) is 0 Å². The zero-order chi connectivity index (χ0) is 16.1. The summed E-state index contributed by atoms with van der Waals surface area (Å²) in [7, 11) is 0. The number of hydrogen-bond acceptors (Lipinski definition) is 4. The molecular formula is C18H27N3O2. The lowest BCUT2D eigenvalue weighted by atomic mass is 10.1. The van der Waals surface area contributed by atoms with Gasteiger partial charge in [0, 0.05) is 51.2 Å². The number of nitrogens with one attached hydrogen (secondary N) is 1. The third-order valence-corrected chi connectivity index (χ3v) is 4.70. The van der Waals surface area contributed by atoms with Gasteiger partial charge in [-0.25, -0.2) is 0 Å². The Hall–Kier alpha value is -1.43. The van der Waals surface area contributed by atoms with Crippen LogP contribution in [0.5, 0.6) is 0 Å². The van der Waals surface area contributed by atoms with E-state index in [0.29, 0.717) is 13.0 Å². The predicted molar refractivity (Wildman–Crippen MR) is 90.1 cm³/mol. The molecule has 2 heterocycles. The molecule has 0 spiro atoms. The molecule has 1 aromatic rings. The largest absolute Gasteiger partial charge is 0.378 e. The zero-order valence-electron chi connectivity index (χ0n) is 13.9. The van der Waals surface area contributed by atoms with Gasteiger partial charge in [0.25, 0.3) is 0 Å². The van der Waals surface area contributed by atoms with E-state index in [4.69, 9.17) is 4.74 Å². The molecule has 2 atom stereocenters. The summed E-state index contributed by atoms with van der Waals surface area (Å²) in [4.78, 5) is 17.0. The molecule has 23 heavy (non-hydrogen) atoms. The van der Waals surface area contributed by atoms with Gasteiger partial charge in [0.15, 0.2) is 0 Å². The van der Waals surface area contributed by atoms with Crippen LogP contribution in [0.4, 0.5) is 0 Å². The molecule has 2 unspecified atom stereocenters. The van der Waals surface area contributed by atoms with Crippen molar-refractivity contribution in [2.75, 3.05) is 39.4 Å². The lowest BCUT2D eigenvalue weighted by Crippen LogP contribution is -2.55. The first kappa shape index (κ1) is 16.4. The highest BCUT2D eigenvalue weighted by Crippen LogP contribution is 2.15. The Labute approximate surface area is 138 Å². The number of carbonyl (C=O) groups is 1. The van der Waals surface area contributed by atoms with E-state index in [-0.39, 0.29) is 18.0 Å². The van der Waals surface area contributed by atoms with E-state index in [2.05, 4.69) is 41.4 Å². The highest BCUT2D eigenvalue weighted by Gasteiger charge is 2.29. The van der Waals surface area contributed by atoms with Gasteiger partial charge in [0.1, 0.15) is 0 Å². The molecule has 5 heteroatoms. The molecule has 0 aliphatic carbocycles. The second kappa shape index (κ2) is 7.90. The number of carbonyl (C=O) groups excluding carboxylic acids is 1. The molecule has 2 aliphatic rings. The van der Waals surface area contributed by atoms with Crippen LogP contribution in [-0.4, -0.2) is 67.2 Å². The van der Waals surface area contributed by atoms with Crippen LogP contribution in [0.25, 0.3) is 0 Å². The molecule has 1 amide bonds. The van der Waals surface area contributed by atoms with Gasteiger partial charge < -0.3 is 15.0 Å². The smallest absolute Gasteiger partial charge is 0.224 e. The van der Waals surface area contributed by atoms with Crippen molar-refractivity contribution in [1.29, 1.82) is 0 Å². The minimum atomic E-state index is 0.172. The molecule has 2 fully saturated rings. The first-order chi connectivity index (χ1) is 11.2. The van der Waals surface area contributed by atoms with E-state index in [1.807, 2.05) is 11.0 Å². The molecule has 2 saturated heterocycles. The predicted octanol–water partition coefficient (Wildman–Crippen LogP) is 1.10. The summed E-state index contributed by atoms with van der Waals surface area (Å²) in [5.74, 6) is 0.250. The molecule has 126 valence electrons. The van der Waals surface area contributed by atoms with Gasteiger partial charge in [-0.1, -0.05) is 30.3 Å². The van der Waals surface area contributed by atoms with E-state index in [1.165, 1.54) is 5.56 Å². The van der Waals surface area contributed by atoms with Crippen molar-refractivity contribution in [3.05, 3.63) is 35.9 Å². The second-order valence-corrected chi connectivity index (χ2v) is 6.59. The molecule has 2 aliphatic heterocycles. The first-order valence-corrected chi connectivity index (χ1v) is 8.59. The van der Waals surface area contributed by atoms with Gasteiger partial charge in [0.2, 0.25) is 5.91 Å². The Bertz CT molecular complexity index is 502. The average Bonchev–Trinajstić information content (AvgIpc) is 2.57. The summed E-state index contributed by atoms with van der Waals surface area (Å²) in [6, 6.07) is 11.0. The highest BCUT2D eigenvalue weighted by atomic mass is 16.5. The number of ether oxygens (including phenoxy) is 1. The van der Waals surface area contributed by atoms with Gasteiger partial charge in [-0.3, -0.25) is 9.69 Å². The molecule has 3 rings (SSSR count). The van der Waals surface area contributed by atoms with Crippen LogP contribution in [0.1, 0.15) is 18.9 Å². The monoisotopic (exact) mass is 317 g/mol. The third-order valence-electron chi connectivity index (χ3n) is 4.70. The van der Waals surface area contributed by atoms with Crippen molar-refractivity contribution in [1.82, 2.24) is 15.1 Å². The van der Waals surface area contributed by atoms with Crippen LogP contribution in [-0.2, 0) is 16.1 Å². The van der Waals surface area contributed by atoms with Crippen LogP contribution < -0.4 is 5.32 Å².